The molecule has 2 aromatic carbocycles. The summed E-state index contributed by atoms with van der Waals surface area (Å²) in [4.78, 5) is 8.51. The van der Waals surface area contributed by atoms with Crippen LogP contribution in [0.2, 0.25) is 5.02 Å². The molecule has 0 unspecified atom stereocenters. The van der Waals surface area contributed by atoms with Gasteiger partial charge in [0, 0.05) is 5.69 Å². The molecule has 0 aliphatic carbocycles. The van der Waals surface area contributed by atoms with Crippen molar-refractivity contribution in [3.8, 4) is 5.75 Å². The summed E-state index contributed by atoms with van der Waals surface area (Å²) in [5.41, 5.74) is 2.43. The highest BCUT2D eigenvalue weighted by molar-refractivity contribution is 7.17. The van der Waals surface area contributed by atoms with E-state index in [1.165, 1.54) is 18.5 Å². The van der Waals surface area contributed by atoms with Crippen molar-refractivity contribution in [2.75, 3.05) is 5.32 Å². The number of hydrogen-bond donors (Lipinski definition) is 1. The minimum atomic E-state index is -0.290. The van der Waals surface area contributed by atoms with E-state index in [9.17, 15) is 4.39 Å². The Labute approximate surface area is 158 Å². The molecule has 2 heterocycles. The largest absolute Gasteiger partial charge is 0.487 e. The van der Waals surface area contributed by atoms with Crippen LogP contribution in [0.1, 0.15) is 5.56 Å². The lowest BCUT2D eigenvalue weighted by atomic mass is 10.2. The van der Waals surface area contributed by atoms with Gasteiger partial charge >= 0.3 is 0 Å². The normalized spacial score (nSPS) is 10.8. The zero-order valence-corrected chi connectivity index (χ0v) is 15.0. The number of anilines is 2. The maximum atomic E-state index is 13.2. The first-order valence-electron chi connectivity index (χ1n) is 7.81. The molecule has 0 saturated carbocycles. The van der Waals surface area contributed by atoms with E-state index in [0.717, 1.165) is 27.3 Å². The van der Waals surface area contributed by atoms with Gasteiger partial charge in [-0.3, -0.25) is 0 Å². The van der Waals surface area contributed by atoms with Gasteiger partial charge in [0.25, 0.3) is 0 Å². The molecule has 0 amide bonds. The quantitative estimate of drug-likeness (QED) is 0.471. The molecular weight excluding hydrogens is 373 g/mol. The van der Waals surface area contributed by atoms with E-state index in [-0.39, 0.29) is 12.4 Å². The second-order valence-corrected chi connectivity index (χ2v) is 6.87. The Morgan fingerprint density at radius 1 is 1.12 bits per heavy atom. The smallest absolute Gasteiger partial charge is 0.151 e. The van der Waals surface area contributed by atoms with Crippen LogP contribution < -0.4 is 10.1 Å². The topological polar surface area (TPSA) is 47.0 Å². The Bertz CT molecular complexity index is 1070. The Morgan fingerprint density at radius 3 is 2.88 bits per heavy atom. The summed E-state index contributed by atoms with van der Waals surface area (Å²) in [6.07, 6.45) is 1.52. The third kappa shape index (κ3) is 3.61. The summed E-state index contributed by atoms with van der Waals surface area (Å²) < 4.78 is 19.9. The summed E-state index contributed by atoms with van der Waals surface area (Å²) in [5.74, 6) is 0.974. The number of rotatable bonds is 5. The van der Waals surface area contributed by atoms with Gasteiger partial charge in [-0.15, -0.1) is 11.3 Å². The van der Waals surface area contributed by atoms with Crippen molar-refractivity contribution in [2.45, 2.75) is 6.61 Å². The van der Waals surface area contributed by atoms with Gasteiger partial charge in [-0.2, -0.15) is 0 Å². The summed E-state index contributed by atoms with van der Waals surface area (Å²) in [7, 11) is 0. The minimum absolute atomic E-state index is 0.242. The van der Waals surface area contributed by atoms with E-state index in [2.05, 4.69) is 15.3 Å². The molecule has 26 heavy (non-hydrogen) atoms. The van der Waals surface area contributed by atoms with Gasteiger partial charge in [-0.05, 0) is 47.3 Å². The van der Waals surface area contributed by atoms with Gasteiger partial charge in [0.05, 0.1) is 15.2 Å². The van der Waals surface area contributed by atoms with Crippen molar-refractivity contribution >= 4 is 44.7 Å². The first-order chi connectivity index (χ1) is 12.7. The number of thiophene rings is 1. The summed E-state index contributed by atoms with van der Waals surface area (Å²) in [5, 5.41) is 5.69. The fourth-order valence-corrected chi connectivity index (χ4v) is 3.52. The van der Waals surface area contributed by atoms with Crippen molar-refractivity contribution in [3.63, 3.8) is 0 Å². The number of ether oxygens (including phenoxy) is 1. The molecular formula is C19H13ClFN3OS. The molecule has 0 aliphatic heterocycles. The molecule has 0 radical (unpaired) electrons. The number of nitrogens with zero attached hydrogens (tertiary/aromatic N) is 2. The zero-order valence-electron chi connectivity index (χ0n) is 13.4. The van der Waals surface area contributed by atoms with Crippen LogP contribution in [-0.2, 0) is 6.61 Å². The van der Waals surface area contributed by atoms with Crippen molar-refractivity contribution in [1.82, 2.24) is 9.97 Å². The second-order valence-electron chi connectivity index (χ2n) is 5.55. The molecule has 130 valence electrons. The Balaban J connectivity index is 1.50. The predicted molar refractivity (Wildman–Crippen MR) is 103 cm³/mol. The lowest BCUT2D eigenvalue weighted by molar-refractivity contribution is 0.306. The average molecular weight is 386 g/mol. The Hall–Kier alpha value is -2.70. The van der Waals surface area contributed by atoms with Crippen LogP contribution in [0.5, 0.6) is 5.75 Å². The van der Waals surface area contributed by atoms with Crippen LogP contribution in [0, 0.1) is 5.82 Å². The van der Waals surface area contributed by atoms with Crippen molar-refractivity contribution < 1.29 is 9.13 Å². The molecule has 0 bridgehead atoms. The number of halogens is 2. The van der Waals surface area contributed by atoms with Crippen LogP contribution >= 0.6 is 22.9 Å². The predicted octanol–water partition coefficient (Wildman–Crippen LogP) is 5.81. The van der Waals surface area contributed by atoms with Crippen LogP contribution in [0.3, 0.4) is 0 Å². The number of fused-ring (bicyclic) bond motifs is 1. The molecule has 4 rings (SSSR count). The molecule has 0 saturated heterocycles. The molecule has 4 nitrogen and oxygen atoms in total. The molecule has 0 spiro atoms. The van der Waals surface area contributed by atoms with Gasteiger partial charge < -0.3 is 10.1 Å². The van der Waals surface area contributed by atoms with Gasteiger partial charge in [0.15, 0.2) is 5.82 Å². The average Bonchev–Trinajstić information content (AvgIpc) is 3.11. The summed E-state index contributed by atoms with van der Waals surface area (Å²) in [6, 6.07) is 13.6. The highest BCUT2D eigenvalue weighted by Gasteiger charge is 2.08. The number of hydrogen-bond acceptors (Lipinski definition) is 5. The molecule has 0 atom stereocenters. The van der Waals surface area contributed by atoms with E-state index in [1.54, 1.807) is 35.6 Å². The van der Waals surface area contributed by atoms with E-state index in [1.807, 2.05) is 17.5 Å². The summed E-state index contributed by atoms with van der Waals surface area (Å²) in [6.45, 7) is 0.242. The molecule has 0 fully saturated rings. The van der Waals surface area contributed by atoms with E-state index >= 15 is 0 Å². The van der Waals surface area contributed by atoms with Gasteiger partial charge in [0.1, 0.15) is 24.5 Å². The Morgan fingerprint density at radius 2 is 2.04 bits per heavy atom. The van der Waals surface area contributed by atoms with E-state index in [4.69, 9.17) is 16.3 Å². The number of benzene rings is 2. The fourth-order valence-electron chi connectivity index (χ4n) is 2.50. The lowest BCUT2D eigenvalue weighted by Gasteiger charge is -2.11. The first-order valence-corrected chi connectivity index (χ1v) is 9.07. The highest BCUT2D eigenvalue weighted by Crippen LogP contribution is 2.32. The van der Waals surface area contributed by atoms with Crippen LogP contribution in [0.15, 0.2) is 60.2 Å². The van der Waals surface area contributed by atoms with Gasteiger partial charge in [-0.25, -0.2) is 14.4 Å². The maximum absolute atomic E-state index is 13.2. The van der Waals surface area contributed by atoms with E-state index < -0.39 is 0 Å². The summed E-state index contributed by atoms with van der Waals surface area (Å²) >= 11 is 7.89. The maximum Gasteiger partial charge on any atom is 0.151 e. The van der Waals surface area contributed by atoms with Crippen molar-refractivity contribution in [1.29, 1.82) is 0 Å². The van der Waals surface area contributed by atoms with Gasteiger partial charge in [-0.1, -0.05) is 23.7 Å². The SMILES string of the molecule is Fc1cccc(COc2ccc(Nc3ncnc4ccsc34)cc2Cl)c1. The lowest BCUT2D eigenvalue weighted by Crippen LogP contribution is -1.98. The number of nitrogens with one attached hydrogen (secondary N) is 1. The third-order valence-electron chi connectivity index (χ3n) is 3.72. The monoisotopic (exact) mass is 385 g/mol. The van der Waals surface area contributed by atoms with Crippen LogP contribution in [0.4, 0.5) is 15.9 Å². The molecule has 2 aromatic heterocycles. The highest BCUT2D eigenvalue weighted by atomic mass is 35.5. The molecule has 0 aliphatic rings. The molecule has 7 heteroatoms. The standard InChI is InChI=1S/C19H13ClFN3OS/c20-15-9-14(24-19-18-16(6-7-26-18)22-11-23-19)4-5-17(15)25-10-12-2-1-3-13(21)8-12/h1-9,11H,10H2,(H,22,23,24). The zero-order chi connectivity index (χ0) is 17.9. The Kier molecular flexibility index (Phi) is 4.69. The molecule has 4 aromatic rings. The van der Waals surface area contributed by atoms with Crippen molar-refractivity contribution in [3.05, 3.63) is 76.6 Å². The van der Waals surface area contributed by atoms with Gasteiger partial charge in [0.2, 0.25) is 0 Å². The third-order valence-corrected chi connectivity index (χ3v) is 4.93. The molecule has 1 N–H and O–H groups in total. The van der Waals surface area contributed by atoms with Crippen LogP contribution in [0.25, 0.3) is 10.2 Å². The first kappa shape index (κ1) is 16.8. The van der Waals surface area contributed by atoms with Crippen molar-refractivity contribution in [2.24, 2.45) is 0 Å². The van der Waals surface area contributed by atoms with Crippen LogP contribution in [-0.4, -0.2) is 9.97 Å². The number of aromatic nitrogens is 2. The fraction of sp³-hybridized carbons (Fsp3) is 0.0526. The second kappa shape index (κ2) is 7.27. The minimum Gasteiger partial charge on any atom is -0.487 e. The van der Waals surface area contributed by atoms with E-state index in [0.29, 0.717) is 10.8 Å².